The fourth-order valence-corrected chi connectivity index (χ4v) is 1.54. The lowest BCUT2D eigenvalue weighted by Crippen LogP contribution is -2.31. The number of amides is 1. The summed E-state index contributed by atoms with van der Waals surface area (Å²) < 4.78 is 0. The highest BCUT2D eigenvalue weighted by Crippen LogP contribution is 1.98. The maximum atomic E-state index is 10.7. The van der Waals surface area contributed by atoms with Gasteiger partial charge in [-0.25, -0.2) is 0 Å². The summed E-state index contributed by atoms with van der Waals surface area (Å²) in [7, 11) is 0. The molecular formula is C12H24N2O3. The quantitative estimate of drug-likeness (QED) is 0.564. The first-order chi connectivity index (χ1) is 8.06. The monoisotopic (exact) mass is 244 g/mol. The Morgan fingerprint density at radius 2 is 1.82 bits per heavy atom. The van der Waals surface area contributed by atoms with Gasteiger partial charge in [0.2, 0.25) is 5.91 Å². The van der Waals surface area contributed by atoms with Crippen molar-refractivity contribution in [2.24, 2.45) is 0 Å². The molecule has 2 N–H and O–H groups in total. The lowest BCUT2D eigenvalue weighted by Gasteiger charge is -2.21. The number of carboxylic acids is 1. The summed E-state index contributed by atoms with van der Waals surface area (Å²) >= 11 is 0. The maximum Gasteiger partial charge on any atom is 0.304 e. The minimum absolute atomic E-state index is 0.0179. The second kappa shape index (κ2) is 10.1. The summed E-state index contributed by atoms with van der Waals surface area (Å²) in [5.41, 5.74) is 0. The molecule has 0 aromatic heterocycles. The van der Waals surface area contributed by atoms with Gasteiger partial charge in [-0.05, 0) is 25.9 Å². The first kappa shape index (κ1) is 15.9. The van der Waals surface area contributed by atoms with Gasteiger partial charge in [0.1, 0.15) is 0 Å². The SMILES string of the molecule is CCCCN(CCCNC(C)=O)CCC(=O)O. The van der Waals surface area contributed by atoms with Crippen molar-refractivity contribution in [2.45, 2.75) is 39.5 Å². The lowest BCUT2D eigenvalue weighted by atomic mass is 10.2. The van der Waals surface area contributed by atoms with Gasteiger partial charge in [-0.15, -0.1) is 0 Å². The van der Waals surface area contributed by atoms with E-state index in [4.69, 9.17) is 5.11 Å². The lowest BCUT2D eigenvalue weighted by molar-refractivity contribution is -0.137. The highest BCUT2D eigenvalue weighted by atomic mass is 16.4. The molecule has 0 aromatic carbocycles. The maximum absolute atomic E-state index is 10.7. The number of hydrogen-bond acceptors (Lipinski definition) is 3. The number of nitrogens with zero attached hydrogens (tertiary/aromatic N) is 1. The number of carboxylic acid groups (broad SMARTS) is 1. The van der Waals surface area contributed by atoms with Gasteiger partial charge < -0.3 is 15.3 Å². The van der Waals surface area contributed by atoms with E-state index >= 15 is 0 Å². The van der Waals surface area contributed by atoms with Crippen LogP contribution in [0.25, 0.3) is 0 Å². The Balaban J connectivity index is 3.75. The van der Waals surface area contributed by atoms with Crippen LogP contribution in [-0.4, -0.2) is 48.1 Å². The Morgan fingerprint density at radius 1 is 1.18 bits per heavy atom. The smallest absolute Gasteiger partial charge is 0.304 e. The Bertz CT molecular complexity index is 232. The highest BCUT2D eigenvalue weighted by molar-refractivity contribution is 5.72. The van der Waals surface area contributed by atoms with Gasteiger partial charge in [0.05, 0.1) is 6.42 Å². The molecule has 0 aromatic rings. The predicted octanol–water partition coefficient (Wildman–Crippen LogP) is 1.09. The fraction of sp³-hybridized carbons (Fsp3) is 0.833. The molecule has 0 atom stereocenters. The van der Waals surface area contributed by atoms with Crippen molar-refractivity contribution in [1.29, 1.82) is 0 Å². The Hall–Kier alpha value is -1.10. The first-order valence-electron chi connectivity index (χ1n) is 6.24. The molecule has 0 aliphatic rings. The standard InChI is InChI=1S/C12H24N2O3/c1-3-4-8-14(10-6-12(16)17)9-5-7-13-11(2)15/h3-10H2,1-2H3,(H,13,15)(H,16,17). The molecule has 1 amide bonds. The van der Waals surface area contributed by atoms with Crippen LogP contribution >= 0.6 is 0 Å². The van der Waals surface area contributed by atoms with Crippen LogP contribution in [0.4, 0.5) is 0 Å². The number of carbonyl (C=O) groups is 2. The predicted molar refractivity (Wildman–Crippen MR) is 66.9 cm³/mol. The van der Waals surface area contributed by atoms with Gasteiger partial charge in [-0.2, -0.15) is 0 Å². The number of unbranched alkanes of at least 4 members (excludes halogenated alkanes) is 1. The minimum atomic E-state index is -0.756. The third-order valence-electron chi connectivity index (χ3n) is 2.49. The average Bonchev–Trinajstić information content (AvgIpc) is 2.26. The van der Waals surface area contributed by atoms with E-state index in [0.29, 0.717) is 13.1 Å². The van der Waals surface area contributed by atoms with Crippen LogP contribution in [0.2, 0.25) is 0 Å². The highest BCUT2D eigenvalue weighted by Gasteiger charge is 2.06. The van der Waals surface area contributed by atoms with Crippen molar-refractivity contribution < 1.29 is 14.7 Å². The van der Waals surface area contributed by atoms with E-state index in [1.165, 1.54) is 6.92 Å². The van der Waals surface area contributed by atoms with Crippen LogP contribution in [-0.2, 0) is 9.59 Å². The molecule has 0 heterocycles. The summed E-state index contributed by atoms with van der Waals surface area (Å²) in [5.74, 6) is -0.774. The third kappa shape index (κ3) is 11.2. The molecule has 0 fully saturated rings. The van der Waals surface area contributed by atoms with Gasteiger partial charge in [0, 0.05) is 20.0 Å². The van der Waals surface area contributed by atoms with Crippen LogP contribution in [0.5, 0.6) is 0 Å². The van der Waals surface area contributed by atoms with Gasteiger partial charge in [-0.1, -0.05) is 13.3 Å². The van der Waals surface area contributed by atoms with Crippen molar-refractivity contribution in [3.05, 3.63) is 0 Å². The minimum Gasteiger partial charge on any atom is -0.481 e. The Labute approximate surface area is 103 Å². The molecule has 0 saturated heterocycles. The fourth-order valence-electron chi connectivity index (χ4n) is 1.54. The molecule has 5 nitrogen and oxygen atoms in total. The average molecular weight is 244 g/mol. The second-order valence-corrected chi connectivity index (χ2v) is 4.18. The van der Waals surface area contributed by atoms with E-state index in [2.05, 4.69) is 17.1 Å². The molecule has 100 valence electrons. The molecule has 0 saturated carbocycles. The summed E-state index contributed by atoms with van der Waals surface area (Å²) in [4.78, 5) is 23.3. The van der Waals surface area contributed by atoms with Crippen LogP contribution in [0.15, 0.2) is 0 Å². The largest absolute Gasteiger partial charge is 0.481 e. The number of carbonyl (C=O) groups excluding carboxylic acids is 1. The summed E-state index contributed by atoms with van der Waals surface area (Å²) in [6.45, 7) is 6.64. The van der Waals surface area contributed by atoms with E-state index in [9.17, 15) is 9.59 Å². The zero-order chi connectivity index (χ0) is 13.1. The molecule has 0 aliphatic heterocycles. The van der Waals surface area contributed by atoms with Gasteiger partial charge in [0.15, 0.2) is 0 Å². The summed E-state index contributed by atoms with van der Waals surface area (Å²) in [6, 6.07) is 0. The van der Waals surface area contributed by atoms with E-state index in [1.807, 2.05) is 0 Å². The number of hydrogen-bond donors (Lipinski definition) is 2. The molecule has 5 heteroatoms. The molecule has 0 aliphatic carbocycles. The van der Waals surface area contributed by atoms with Crippen LogP contribution in [0, 0.1) is 0 Å². The van der Waals surface area contributed by atoms with Crippen molar-refractivity contribution >= 4 is 11.9 Å². The van der Waals surface area contributed by atoms with Crippen molar-refractivity contribution in [2.75, 3.05) is 26.2 Å². The number of aliphatic carboxylic acids is 1. The van der Waals surface area contributed by atoms with Crippen molar-refractivity contribution in [3.8, 4) is 0 Å². The second-order valence-electron chi connectivity index (χ2n) is 4.18. The molecule has 0 bridgehead atoms. The number of rotatable bonds is 10. The molecule has 0 rings (SSSR count). The molecule has 17 heavy (non-hydrogen) atoms. The van der Waals surface area contributed by atoms with Gasteiger partial charge in [-0.3, -0.25) is 9.59 Å². The Kier molecular flexibility index (Phi) is 9.43. The third-order valence-corrected chi connectivity index (χ3v) is 2.49. The normalized spacial score (nSPS) is 10.5. The van der Waals surface area contributed by atoms with E-state index in [1.54, 1.807) is 0 Å². The van der Waals surface area contributed by atoms with Crippen LogP contribution < -0.4 is 5.32 Å². The molecule has 0 unspecified atom stereocenters. The van der Waals surface area contributed by atoms with E-state index < -0.39 is 5.97 Å². The first-order valence-corrected chi connectivity index (χ1v) is 6.24. The van der Waals surface area contributed by atoms with E-state index in [0.717, 1.165) is 32.4 Å². The zero-order valence-electron chi connectivity index (χ0n) is 10.9. The number of nitrogens with one attached hydrogen (secondary N) is 1. The van der Waals surface area contributed by atoms with Crippen molar-refractivity contribution in [1.82, 2.24) is 10.2 Å². The van der Waals surface area contributed by atoms with E-state index in [-0.39, 0.29) is 12.3 Å². The summed E-state index contributed by atoms with van der Waals surface area (Å²) in [6.07, 6.45) is 3.24. The van der Waals surface area contributed by atoms with Gasteiger partial charge in [0.25, 0.3) is 0 Å². The molecular weight excluding hydrogens is 220 g/mol. The topological polar surface area (TPSA) is 69.6 Å². The van der Waals surface area contributed by atoms with Gasteiger partial charge >= 0.3 is 5.97 Å². The van der Waals surface area contributed by atoms with Crippen LogP contribution in [0.3, 0.4) is 0 Å². The molecule has 0 spiro atoms. The van der Waals surface area contributed by atoms with Crippen LogP contribution in [0.1, 0.15) is 39.5 Å². The van der Waals surface area contributed by atoms with Crippen molar-refractivity contribution in [3.63, 3.8) is 0 Å². The molecule has 0 radical (unpaired) electrons. The summed E-state index contributed by atoms with van der Waals surface area (Å²) in [5, 5.41) is 11.4. The Morgan fingerprint density at radius 3 is 2.35 bits per heavy atom. The zero-order valence-corrected chi connectivity index (χ0v) is 10.9.